The van der Waals surface area contributed by atoms with E-state index in [0.29, 0.717) is 11.8 Å². The second-order valence-electron chi connectivity index (χ2n) is 10.4. The van der Waals surface area contributed by atoms with Gasteiger partial charge < -0.3 is 9.16 Å². The Morgan fingerprint density at radius 1 is 1.11 bits per heavy atom. The summed E-state index contributed by atoms with van der Waals surface area (Å²) < 4.78 is 11.9. The zero-order chi connectivity index (χ0) is 20.5. The highest BCUT2D eigenvalue weighted by Crippen LogP contribution is 2.51. The number of hydrogen-bond acceptors (Lipinski definition) is 3. The molecule has 2 atom stereocenters. The Kier molecular flexibility index (Phi) is 6.63. The summed E-state index contributed by atoms with van der Waals surface area (Å²) >= 11 is 0. The van der Waals surface area contributed by atoms with Crippen molar-refractivity contribution < 1.29 is 14.0 Å². The summed E-state index contributed by atoms with van der Waals surface area (Å²) in [6.07, 6.45) is 3.43. The molecule has 1 aromatic rings. The lowest BCUT2D eigenvalue weighted by atomic mass is 10.0. The molecule has 1 saturated carbocycles. The fourth-order valence-electron chi connectivity index (χ4n) is 3.18. The standard InChI is InChI=1S/C23H38O3Si/c1-22(2,3)26-21(24)19-14-10-9-13-18(19)20-16-17(20)12-11-15-25-27(7,8)23(4,5)6/h9-10,13-14,17,20H,11-12,15-16H2,1-8H3/t17-,20-/m1/s1. The van der Waals surface area contributed by atoms with Gasteiger partial charge in [-0.2, -0.15) is 0 Å². The molecule has 1 aliphatic carbocycles. The maximum atomic E-state index is 12.5. The van der Waals surface area contributed by atoms with Crippen LogP contribution in [0.5, 0.6) is 0 Å². The molecule has 0 bridgehead atoms. The fraction of sp³-hybridized carbons (Fsp3) is 0.696. The van der Waals surface area contributed by atoms with Crippen LogP contribution >= 0.6 is 0 Å². The molecule has 152 valence electrons. The number of carbonyl (C=O) groups excluding carboxylic acids is 1. The SMILES string of the molecule is CC(C)(C)OC(=O)c1ccccc1[C@@H]1C[C@H]1CCCO[Si](C)(C)C(C)(C)C. The maximum absolute atomic E-state index is 12.5. The van der Waals surface area contributed by atoms with Crippen molar-refractivity contribution in [2.24, 2.45) is 5.92 Å². The molecule has 27 heavy (non-hydrogen) atoms. The number of rotatable bonds is 7. The van der Waals surface area contributed by atoms with Crippen molar-refractivity contribution in [3.05, 3.63) is 35.4 Å². The molecule has 0 spiro atoms. The van der Waals surface area contributed by atoms with Crippen LogP contribution in [0.4, 0.5) is 0 Å². The minimum Gasteiger partial charge on any atom is -0.456 e. The van der Waals surface area contributed by atoms with Crippen LogP contribution in [-0.4, -0.2) is 26.5 Å². The van der Waals surface area contributed by atoms with Crippen LogP contribution in [0.3, 0.4) is 0 Å². The third kappa shape index (κ3) is 6.18. The molecule has 1 aliphatic rings. The van der Waals surface area contributed by atoms with Crippen LogP contribution in [-0.2, 0) is 9.16 Å². The molecule has 0 radical (unpaired) electrons. The molecule has 0 unspecified atom stereocenters. The highest BCUT2D eigenvalue weighted by atomic mass is 28.4. The smallest absolute Gasteiger partial charge is 0.338 e. The van der Waals surface area contributed by atoms with Crippen molar-refractivity contribution in [2.45, 2.75) is 90.5 Å². The molecule has 3 nitrogen and oxygen atoms in total. The maximum Gasteiger partial charge on any atom is 0.338 e. The predicted octanol–water partition coefficient (Wildman–Crippen LogP) is 6.55. The van der Waals surface area contributed by atoms with Gasteiger partial charge in [-0.25, -0.2) is 4.79 Å². The quantitative estimate of drug-likeness (QED) is 0.301. The molecule has 1 fully saturated rings. The first-order valence-corrected chi connectivity index (χ1v) is 13.2. The fourth-order valence-corrected chi connectivity index (χ4v) is 4.26. The Bertz CT molecular complexity index is 652. The lowest BCUT2D eigenvalue weighted by Gasteiger charge is -2.36. The van der Waals surface area contributed by atoms with Crippen molar-refractivity contribution in [2.75, 3.05) is 6.61 Å². The predicted molar refractivity (Wildman–Crippen MR) is 115 cm³/mol. The molecule has 2 rings (SSSR count). The Labute approximate surface area is 167 Å². The van der Waals surface area contributed by atoms with Gasteiger partial charge in [0.2, 0.25) is 0 Å². The number of benzene rings is 1. The van der Waals surface area contributed by atoms with Gasteiger partial charge in [0, 0.05) is 6.61 Å². The van der Waals surface area contributed by atoms with Gasteiger partial charge in [0.15, 0.2) is 8.32 Å². The highest BCUT2D eigenvalue weighted by Gasteiger charge is 2.41. The van der Waals surface area contributed by atoms with Crippen molar-refractivity contribution in [1.82, 2.24) is 0 Å². The first kappa shape index (κ1) is 22.2. The van der Waals surface area contributed by atoms with Crippen LogP contribution in [0.1, 0.15) is 82.6 Å². The first-order chi connectivity index (χ1) is 12.3. The Hall–Kier alpha value is -1.13. The zero-order valence-electron chi connectivity index (χ0n) is 18.5. The van der Waals surface area contributed by atoms with E-state index in [1.807, 2.05) is 39.0 Å². The molecule has 0 N–H and O–H groups in total. The van der Waals surface area contributed by atoms with E-state index in [0.717, 1.165) is 24.2 Å². The van der Waals surface area contributed by atoms with Crippen LogP contribution in [0.2, 0.25) is 18.1 Å². The van der Waals surface area contributed by atoms with E-state index < -0.39 is 13.9 Å². The summed E-state index contributed by atoms with van der Waals surface area (Å²) in [6, 6.07) is 7.95. The van der Waals surface area contributed by atoms with Gasteiger partial charge in [0.25, 0.3) is 0 Å². The van der Waals surface area contributed by atoms with E-state index in [4.69, 9.17) is 9.16 Å². The second kappa shape index (κ2) is 8.08. The lowest BCUT2D eigenvalue weighted by molar-refractivity contribution is 0.00682. The summed E-state index contributed by atoms with van der Waals surface area (Å²) in [4.78, 5) is 12.5. The number of ether oxygens (including phenoxy) is 1. The Morgan fingerprint density at radius 3 is 2.33 bits per heavy atom. The van der Waals surface area contributed by atoms with Gasteiger partial charge in [0.05, 0.1) is 5.56 Å². The average molecular weight is 391 g/mol. The summed E-state index contributed by atoms with van der Waals surface area (Å²) in [5, 5.41) is 0.265. The van der Waals surface area contributed by atoms with Gasteiger partial charge in [-0.1, -0.05) is 39.0 Å². The zero-order valence-corrected chi connectivity index (χ0v) is 19.5. The summed E-state index contributed by atoms with van der Waals surface area (Å²) in [5.74, 6) is 0.947. The molecule has 1 aromatic carbocycles. The first-order valence-electron chi connectivity index (χ1n) is 10.3. The number of hydrogen-bond donors (Lipinski definition) is 0. The van der Waals surface area contributed by atoms with E-state index in [1.54, 1.807) is 0 Å². The minimum absolute atomic E-state index is 0.204. The topological polar surface area (TPSA) is 35.5 Å². The summed E-state index contributed by atoms with van der Waals surface area (Å²) in [6.45, 7) is 18.1. The van der Waals surface area contributed by atoms with E-state index in [1.165, 1.54) is 12.8 Å². The molecule has 0 amide bonds. The van der Waals surface area contributed by atoms with Crippen LogP contribution < -0.4 is 0 Å². The van der Waals surface area contributed by atoms with Crippen molar-refractivity contribution in [1.29, 1.82) is 0 Å². The molecular formula is C23H38O3Si. The third-order valence-corrected chi connectivity index (χ3v) is 10.4. The molecule has 0 aliphatic heterocycles. The molecule has 0 saturated heterocycles. The van der Waals surface area contributed by atoms with Crippen molar-refractivity contribution in [3.63, 3.8) is 0 Å². The second-order valence-corrected chi connectivity index (χ2v) is 15.3. The van der Waals surface area contributed by atoms with Crippen LogP contribution in [0.25, 0.3) is 0 Å². The van der Waals surface area contributed by atoms with E-state index in [2.05, 4.69) is 39.9 Å². The van der Waals surface area contributed by atoms with Gasteiger partial charge >= 0.3 is 5.97 Å². The van der Waals surface area contributed by atoms with Gasteiger partial charge in [-0.3, -0.25) is 0 Å². The largest absolute Gasteiger partial charge is 0.456 e. The van der Waals surface area contributed by atoms with Crippen LogP contribution in [0, 0.1) is 5.92 Å². The molecule has 0 aromatic heterocycles. The van der Waals surface area contributed by atoms with Crippen molar-refractivity contribution >= 4 is 14.3 Å². The Balaban J connectivity index is 1.88. The van der Waals surface area contributed by atoms with E-state index >= 15 is 0 Å². The van der Waals surface area contributed by atoms with E-state index in [-0.39, 0.29) is 11.0 Å². The van der Waals surface area contributed by atoms with Gasteiger partial charge in [0.1, 0.15) is 5.60 Å². The summed E-state index contributed by atoms with van der Waals surface area (Å²) in [7, 11) is -1.65. The van der Waals surface area contributed by atoms with E-state index in [9.17, 15) is 4.79 Å². The normalized spacial score (nSPS) is 20.4. The Morgan fingerprint density at radius 2 is 1.74 bits per heavy atom. The van der Waals surface area contributed by atoms with Crippen LogP contribution in [0.15, 0.2) is 24.3 Å². The monoisotopic (exact) mass is 390 g/mol. The number of carbonyl (C=O) groups is 1. The highest BCUT2D eigenvalue weighted by molar-refractivity contribution is 6.74. The third-order valence-electron chi connectivity index (χ3n) is 5.89. The summed E-state index contributed by atoms with van der Waals surface area (Å²) in [5.41, 5.74) is 1.42. The lowest BCUT2D eigenvalue weighted by Crippen LogP contribution is -2.40. The minimum atomic E-state index is -1.65. The molecule has 0 heterocycles. The number of esters is 1. The van der Waals surface area contributed by atoms with Gasteiger partial charge in [-0.05, 0) is 81.6 Å². The molecular weight excluding hydrogens is 352 g/mol. The molecule has 4 heteroatoms. The van der Waals surface area contributed by atoms with Crippen molar-refractivity contribution in [3.8, 4) is 0 Å². The average Bonchev–Trinajstić information content (AvgIpc) is 3.28. The van der Waals surface area contributed by atoms with Gasteiger partial charge in [-0.15, -0.1) is 0 Å².